The largest absolute Gasteiger partial charge is 0.388 e. The molecule has 0 unspecified atom stereocenters. The van der Waals surface area contributed by atoms with Gasteiger partial charge in [0.05, 0.1) is 0 Å². The van der Waals surface area contributed by atoms with Crippen molar-refractivity contribution in [2.24, 2.45) is 0 Å². The van der Waals surface area contributed by atoms with Gasteiger partial charge < -0.3 is 10.2 Å². The van der Waals surface area contributed by atoms with Crippen LogP contribution in [0, 0.1) is 5.82 Å². The van der Waals surface area contributed by atoms with Gasteiger partial charge in [-0.1, -0.05) is 12.1 Å². The lowest BCUT2D eigenvalue weighted by Gasteiger charge is -2.20. The lowest BCUT2D eigenvalue weighted by atomic mass is 10.2. The maximum absolute atomic E-state index is 13.1. The second-order valence-electron chi connectivity index (χ2n) is 3.84. The van der Waals surface area contributed by atoms with Gasteiger partial charge >= 0.3 is 0 Å². The van der Waals surface area contributed by atoms with Crippen molar-refractivity contribution in [1.82, 2.24) is 0 Å². The zero-order chi connectivity index (χ0) is 12.3. The van der Waals surface area contributed by atoms with E-state index < -0.39 is 0 Å². The minimum atomic E-state index is -0.223. The van der Waals surface area contributed by atoms with E-state index in [1.807, 2.05) is 49.3 Å². The molecule has 0 fully saturated rings. The Morgan fingerprint density at radius 1 is 1.00 bits per heavy atom. The van der Waals surface area contributed by atoms with Crippen molar-refractivity contribution in [2.45, 2.75) is 0 Å². The quantitative estimate of drug-likeness (QED) is 0.866. The molecular weight excluding hydrogens is 215 g/mol. The van der Waals surface area contributed by atoms with Gasteiger partial charge in [-0.3, -0.25) is 0 Å². The number of hydrogen-bond donors (Lipinski definition) is 1. The van der Waals surface area contributed by atoms with Gasteiger partial charge in [0, 0.05) is 31.2 Å². The highest BCUT2D eigenvalue weighted by molar-refractivity contribution is 5.66. The highest BCUT2D eigenvalue weighted by Crippen LogP contribution is 2.25. The zero-order valence-electron chi connectivity index (χ0n) is 9.94. The molecule has 3 heteroatoms. The van der Waals surface area contributed by atoms with E-state index in [4.69, 9.17) is 0 Å². The Morgan fingerprint density at radius 2 is 1.65 bits per heavy atom. The van der Waals surface area contributed by atoms with Crippen molar-refractivity contribution in [1.29, 1.82) is 0 Å². The fourth-order valence-corrected chi connectivity index (χ4v) is 1.70. The lowest BCUT2D eigenvalue weighted by Crippen LogP contribution is -2.09. The average molecular weight is 230 g/mol. The first-order valence-electron chi connectivity index (χ1n) is 5.48. The van der Waals surface area contributed by atoms with E-state index in [-0.39, 0.29) is 5.82 Å². The molecule has 0 aliphatic carbocycles. The van der Waals surface area contributed by atoms with Crippen molar-refractivity contribution in [2.75, 3.05) is 24.3 Å². The van der Waals surface area contributed by atoms with E-state index >= 15 is 0 Å². The van der Waals surface area contributed by atoms with Crippen molar-refractivity contribution >= 4 is 17.1 Å². The minimum Gasteiger partial charge on any atom is -0.388 e. The molecule has 0 aromatic heterocycles. The maximum Gasteiger partial charge on any atom is 0.125 e. The monoisotopic (exact) mass is 230 g/mol. The van der Waals surface area contributed by atoms with Crippen LogP contribution < -0.4 is 10.2 Å². The zero-order valence-corrected chi connectivity index (χ0v) is 9.94. The topological polar surface area (TPSA) is 15.3 Å². The third-order valence-electron chi connectivity index (χ3n) is 2.72. The molecule has 0 bridgehead atoms. The van der Waals surface area contributed by atoms with E-state index in [9.17, 15) is 4.39 Å². The Labute approximate surface area is 101 Å². The third-order valence-corrected chi connectivity index (χ3v) is 2.72. The molecule has 17 heavy (non-hydrogen) atoms. The summed E-state index contributed by atoms with van der Waals surface area (Å²) < 4.78 is 13.1. The second-order valence-corrected chi connectivity index (χ2v) is 3.84. The number of rotatable bonds is 3. The lowest BCUT2D eigenvalue weighted by molar-refractivity contribution is 0.628. The summed E-state index contributed by atoms with van der Waals surface area (Å²) in [7, 11) is 3.80. The van der Waals surface area contributed by atoms with Crippen LogP contribution in [0.5, 0.6) is 0 Å². The van der Waals surface area contributed by atoms with Crippen molar-refractivity contribution in [3.8, 4) is 0 Å². The summed E-state index contributed by atoms with van der Waals surface area (Å²) in [5, 5.41) is 3.08. The Balaban J connectivity index is 2.33. The molecule has 0 spiro atoms. The summed E-state index contributed by atoms with van der Waals surface area (Å²) in [5.74, 6) is -0.223. The van der Waals surface area contributed by atoms with E-state index in [0.717, 1.165) is 17.1 Å². The molecule has 0 heterocycles. The molecule has 2 aromatic carbocycles. The molecule has 2 aromatic rings. The predicted molar refractivity (Wildman–Crippen MR) is 70.5 cm³/mol. The van der Waals surface area contributed by atoms with E-state index in [2.05, 4.69) is 5.32 Å². The molecule has 2 rings (SSSR count). The molecule has 88 valence electrons. The van der Waals surface area contributed by atoms with Gasteiger partial charge in [-0.25, -0.2) is 4.39 Å². The number of nitrogens with one attached hydrogen (secondary N) is 1. The molecule has 0 atom stereocenters. The Hall–Kier alpha value is -2.03. The van der Waals surface area contributed by atoms with Crippen LogP contribution in [0.1, 0.15) is 0 Å². The third kappa shape index (κ3) is 2.56. The molecule has 0 aliphatic rings. The smallest absolute Gasteiger partial charge is 0.125 e. The summed E-state index contributed by atoms with van der Waals surface area (Å²) in [5.41, 5.74) is 2.88. The Bertz CT molecular complexity index is 511. The van der Waals surface area contributed by atoms with Crippen LogP contribution >= 0.6 is 0 Å². The van der Waals surface area contributed by atoms with Gasteiger partial charge in [0.25, 0.3) is 0 Å². The first kappa shape index (κ1) is 11.5. The standard InChI is InChI=1S/C14H15FN2/c1-16-12-6-4-8-14(10-12)17(2)13-7-3-5-11(15)9-13/h3-10,16H,1-2H3. The van der Waals surface area contributed by atoms with Crippen LogP contribution in [-0.4, -0.2) is 14.1 Å². The van der Waals surface area contributed by atoms with Crippen LogP contribution in [0.4, 0.5) is 21.5 Å². The van der Waals surface area contributed by atoms with Crippen LogP contribution in [0.15, 0.2) is 48.5 Å². The fourth-order valence-electron chi connectivity index (χ4n) is 1.70. The first-order chi connectivity index (χ1) is 8.20. The fraction of sp³-hybridized carbons (Fsp3) is 0.143. The number of halogens is 1. The predicted octanol–water partition coefficient (Wildman–Crippen LogP) is 3.64. The number of hydrogen-bond acceptors (Lipinski definition) is 2. The number of nitrogens with zero attached hydrogens (tertiary/aromatic N) is 1. The normalized spacial score (nSPS) is 10.1. The average Bonchev–Trinajstić information content (AvgIpc) is 2.38. The van der Waals surface area contributed by atoms with E-state index in [1.165, 1.54) is 12.1 Å². The van der Waals surface area contributed by atoms with Crippen LogP contribution in [0.25, 0.3) is 0 Å². The molecule has 2 nitrogen and oxygen atoms in total. The Morgan fingerprint density at radius 3 is 2.29 bits per heavy atom. The van der Waals surface area contributed by atoms with Crippen molar-refractivity contribution in [3.05, 3.63) is 54.3 Å². The van der Waals surface area contributed by atoms with Crippen molar-refractivity contribution in [3.63, 3.8) is 0 Å². The van der Waals surface area contributed by atoms with Crippen LogP contribution in [0.3, 0.4) is 0 Å². The highest BCUT2D eigenvalue weighted by Gasteiger charge is 2.04. The van der Waals surface area contributed by atoms with E-state index in [1.54, 1.807) is 6.07 Å². The molecule has 1 N–H and O–H groups in total. The highest BCUT2D eigenvalue weighted by atomic mass is 19.1. The first-order valence-corrected chi connectivity index (χ1v) is 5.48. The molecule has 0 radical (unpaired) electrons. The van der Waals surface area contributed by atoms with Crippen LogP contribution in [-0.2, 0) is 0 Å². The van der Waals surface area contributed by atoms with Gasteiger partial charge in [0.15, 0.2) is 0 Å². The number of anilines is 3. The van der Waals surface area contributed by atoms with Gasteiger partial charge in [-0.15, -0.1) is 0 Å². The van der Waals surface area contributed by atoms with Gasteiger partial charge in [-0.2, -0.15) is 0 Å². The molecular formula is C14H15FN2. The van der Waals surface area contributed by atoms with E-state index in [0.29, 0.717) is 0 Å². The summed E-state index contributed by atoms with van der Waals surface area (Å²) >= 11 is 0. The molecule has 0 saturated heterocycles. The maximum atomic E-state index is 13.1. The van der Waals surface area contributed by atoms with Crippen LogP contribution in [0.2, 0.25) is 0 Å². The van der Waals surface area contributed by atoms with Gasteiger partial charge in [-0.05, 0) is 36.4 Å². The van der Waals surface area contributed by atoms with Crippen molar-refractivity contribution < 1.29 is 4.39 Å². The number of benzene rings is 2. The minimum absolute atomic E-state index is 0.223. The second kappa shape index (κ2) is 4.87. The summed E-state index contributed by atoms with van der Waals surface area (Å²) in [6, 6.07) is 14.5. The molecule has 0 saturated carbocycles. The molecule has 0 aliphatic heterocycles. The van der Waals surface area contributed by atoms with Gasteiger partial charge in [0.1, 0.15) is 5.82 Å². The summed E-state index contributed by atoms with van der Waals surface area (Å²) in [6.45, 7) is 0. The summed E-state index contributed by atoms with van der Waals surface area (Å²) in [4.78, 5) is 1.95. The Kier molecular flexibility index (Phi) is 3.28. The summed E-state index contributed by atoms with van der Waals surface area (Å²) in [6.07, 6.45) is 0. The van der Waals surface area contributed by atoms with Gasteiger partial charge in [0.2, 0.25) is 0 Å². The SMILES string of the molecule is CNc1cccc(N(C)c2cccc(F)c2)c1. The molecule has 0 amide bonds.